The van der Waals surface area contributed by atoms with Gasteiger partial charge in [0.15, 0.2) is 5.65 Å². The normalized spacial score (nSPS) is 14.9. The zero-order valence-corrected chi connectivity index (χ0v) is 20.5. The van der Waals surface area contributed by atoms with Gasteiger partial charge in [-0.25, -0.2) is 9.67 Å². The van der Waals surface area contributed by atoms with Crippen LogP contribution in [0.1, 0.15) is 39.9 Å². The van der Waals surface area contributed by atoms with Crippen molar-refractivity contribution in [1.29, 1.82) is 0 Å². The van der Waals surface area contributed by atoms with E-state index in [0.717, 1.165) is 24.4 Å². The minimum absolute atomic E-state index is 0.133. The van der Waals surface area contributed by atoms with E-state index in [1.54, 1.807) is 40.9 Å². The van der Waals surface area contributed by atoms with E-state index in [1.807, 2.05) is 30.3 Å². The number of amides is 1. The monoisotopic (exact) mass is 498 g/mol. The molecule has 0 radical (unpaired) electrons. The maximum absolute atomic E-state index is 13.6. The van der Waals surface area contributed by atoms with E-state index in [2.05, 4.69) is 37.8 Å². The standard InChI is InChI=1S/C27H26N6O2S/c34-27(29-17-24(25-8-5-13-36-25)32-10-1-2-11-32)21-14-23(19-6-3-9-28-15-19)31-26-22(21)16-30-33(26)18-20-7-4-12-35-20/h3-9,12-16,24H,1-2,10-11,17-18H2,(H,29,34). The second kappa shape index (κ2) is 10.0. The van der Waals surface area contributed by atoms with Crippen molar-refractivity contribution in [2.45, 2.75) is 25.4 Å². The molecule has 0 saturated carbocycles. The van der Waals surface area contributed by atoms with Crippen molar-refractivity contribution in [3.05, 3.63) is 88.9 Å². The highest BCUT2D eigenvalue weighted by molar-refractivity contribution is 7.10. The number of furan rings is 1. The van der Waals surface area contributed by atoms with E-state index >= 15 is 0 Å². The molecule has 8 nitrogen and oxygen atoms in total. The summed E-state index contributed by atoms with van der Waals surface area (Å²) < 4.78 is 7.28. The summed E-state index contributed by atoms with van der Waals surface area (Å²) >= 11 is 1.74. The van der Waals surface area contributed by atoms with Crippen LogP contribution in [0.4, 0.5) is 0 Å². The summed E-state index contributed by atoms with van der Waals surface area (Å²) in [6.07, 6.45) is 9.22. The van der Waals surface area contributed by atoms with Gasteiger partial charge in [0.05, 0.1) is 35.1 Å². The fraction of sp³-hybridized carbons (Fsp3) is 0.259. The number of nitrogens with one attached hydrogen (secondary N) is 1. The molecule has 0 aliphatic carbocycles. The number of hydrogen-bond donors (Lipinski definition) is 1. The molecule has 6 heterocycles. The van der Waals surface area contributed by atoms with Gasteiger partial charge in [-0.05, 0) is 67.7 Å². The number of hydrogen-bond acceptors (Lipinski definition) is 7. The molecule has 1 N–H and O–H groups in total. The third-order valence-corrected chi connectivity index (χ3v) is 7.58. The number of carbonyl (C=O) groups excluding carboxylic acids is 1. The molecule has 9 heteroatoms. The van der Waals surface area contributed by atoms with Crippen molar-refractivity contribution in [3.8, 4) is 11.3 Å². The summed E-state index contributed by atoms with van der Waals surface area (Å²) in [5.74, 6) is 0.634. The third-order valence-electron chi connectivity index (χ3n) is 6.61. The van der Waals surface area contributed by atoms with Crippen LogP contribution in [0.2, 0.25) is 0 Å². The molecule has 0 bridgehead atoms. The Balaban J connectivity index is 1.34. The molecule has 0 aromatic carbocycles. The van der Waals surface area contributed by atoms with Gasteiger partial charge in [0.25, 0.3) is 5.91 Å². The number of fused-ring (bicyclic) bond motifs is 1. The quantitative estimate of drug-likeness (QED) is 0.332. The first-order valence-electron chi connectivity index (χ1n) is 12.1. The minimum Gasteiger partial charge on any atom is -0.467 e. The molecular weight excluding hydrogens is 472 g/mol. The highest BCUT2D eigenvalue weighted by Gasteiger charge is 2.26. The average Bonchev–Trinajstić information content (AvgIpc) is 3.74. The number of carbonyl (C=O) groups is 1. The van der Waals surface area contributed by atoms with E-state index in [9.17, 15) is 4.79 Å². The number of thiophene rings is 1. The van der Waals surface area contributed by atoms with Crippen LogP contribution in [0.15, 0.2) is 77.1 Å². The molecule has 0 spiro atoms. The lowest BCUT2D eigenvalue weighted by molar-refractivity contribution is 0.0940. The first kappa shape index (κ1) is 22.6. The summed E-state index contributed by atoms with van der Waals surface area (Å²) in [5.41, 5.74) is 2.70. The van der Waals surface area contributed by atoms with Crippen LogP contribution >= 0.6 is 11.3 Å². The van der Waals surface area contributed by atoms with Crippen LogP contribution in [0, 0.1) is 0 Å². The Morgan fingerprint density at radius 2 is 2.06 bits per heavy atom. The first-order valence-corrected chi connectivity index (χ1v) is 13.0. The van der Waals surface area contributed by atoms with Crippen molar-refractivity contribution < 1.29 is 9.21 Å². The molecule has 1 atom stereocenters. The zero-order valence-electron chi connectivity index (χ0n) is 19.7. The van der Waals surface area contributed by atoms with Crippen molar-refractivity contribution in [1.82, 2.24) is 30.0 Å². The van der Waals surface area contributed by atoms with Crippen LogP contribution in [0.25, 0.3) is 22.3 Å². The Morgan fingerprint density at radius 3 is 2.81 bits per heavy atom. The Morgan fingerprint density at radius 1 is 1.14 bits per heavy atom. The second-order valence-corrected chi connectivity index (χ2v) is 9.88. The largest absolute Gasteiger partial charge is 0.467 e. The molecule has 1 fully saturated rings. The Hall–Kier alpha value is -3.82. The van der Waals surface area contributed by atoms with Crippen molar-refractivity contribution in [3.63, 3.8) is 0 Å². The summed E-state index contributed by atoms with van der Waals surface area (Å²) in [7, 11) is 0. The van der Waals surface area contributed by atoms with Gasteiger partial charge in [0, 0.05) is 29.4 Å². The number of likely N-dealkylation sites (tertiary alicyclic amines) is 1. The van der Waals surface area contributed by atoms with Gasteiger partial charge in [-0.3, -0.25) is 14.7 Å². The lowest BCUT2D eigenvalue weighted by atomic mass is 10.1. The summed E-state index contributed by atoms with van der Waals surface area (Å²) in [6.45, 7) is 3.09. The topological polar surface area (TPSA) is 89.1 Å². The van der Waals surface area contributed by atoms with E-state index in [1.165, 1.54) is 17.7 Å². The maximum atomic E-state index is 13.6. The highest BCUT2D eigenvalue weighted by Crippen LogP contribution is 2.29. The predicted molar refractivity (Wildman–Crippen MR) is 139 cm³/mol. The van der Waals surface area contributed by atoms with Crippen molar-refractivity contribution in [2.75, 3.05) is 19.6 Å². The molecule has 6 rings (SSSR count). The van der Waals surface area contributed by atoms with Crippen molar-refractivity contribution >= 4 is 28.3 Å². The number of pyridine rings is 2. The van der Waals surface area contributed by atoms with E-state index in [4.69, 9.17) is 9.40 Å². The maximum Gasteiger partial charge on any atom is 0.252 e. The van der Waals surface area contributed by atoms with Crippen LogP contribution in [-0.2, 0) is 6.54 Å². The van der Waals surface area contributed by atoms with Gasteiger partial charge in [0.1, 0.15) is 12.3 Å². The molecule has 5 aromatic heterocycles. The van der Waals surface area contributed by atoms with Crippen LogP contribution < -0.4 is 5.32 Å². The van der Waals surface area contributed by atoms with Crippen LogP contribution in [-0.4, -0.2) is 50.2 Å². The Bertz CT molecular complexity index is 1440. The van der Waals surface area contributed by atoms with Gasteiger partial charge >= 0.3 is 0 Å². The molecule has 1 unspecified atom stereocenters. The van der Waals surface area contributed by atoms with Crippen molar-refractivity contribution in [2.24, 2.45) is 0 Å². The second-order valence-electron chi connectivity index (χ2n) is 8.90. The van der Waals surface area contributed by atoms with Gasteiger partial charge in [-0.2, -0.15) is 5.10 Å². The summed E-state index contributed by atoms with van der Waals surface area (Å²) in [5, 5.41) is 10.6. The van der Waals surface area contributed by atoms with E-state index in [0.29, 0.717) is 35.4 Å². The lowest BCUT2D eigenvalue weighted by Crippen LogP contribution is -2.36. The molecule has 1 aliphatic heterocycles. The van der Waals surface area contributed by atoms with E-state index < -0.39 is 0 Å². The molecule has 1 saturated heterocycles. The molecule has 1 amide bonds. The lowest BCUT2D eigenvalue weighted by Gasteiger charge is -2.27. The number of aromatic nitrogens is 4. The summed E-state index contributed by atoms with van der Waals surface area (Å²) in [4.78, 5) is 26.5. The predicted octanol–water partition coefficient (Wildman–Crippen LogP) is 4.76. The first-order chi connectivity index (χ1) is 17.8. The third kappa shape index (κ3) is 4.55. The fourth-order valence-corrected chi connectivity index (χ4v) is 5.65. The van der Waals surface area contributed by atoms with Gasteiger partial charge in [-0.15, -0.1) is 11.3 Å². The minimum atomic E-state index is -0.133. The Kier molecular flexibility index (Phi) is 6.31. The smallest absolute Gasteiger partial charge is 0.252 e. The van der Waals surface area contributed by atoms with Crippen LogP contribution in [0.3, 0.4) is 0 Å². The Labute approximate surface area is 212 Å². The zero-order chi connectivity index (χ0) is 24.3. The summed E-state index contributed by atoms with van der Waals surface area (Å²) in [6, 6.07) is 13.8. The fourth-order valence-electron chi connectivity index (χ4n) is 4.79. The van der Waals surface area contributed by atoms with Crippen LogP contribution in [0.5, 0.6) is 0 Å². The molecule has 182 valence electrons. The molecule has 5 aromatic rings. The van der Waals surface area contributed by atoms with Gasteiger partial charge in [-0.1, -0.05) is 6.07 Å². The van der Waals surface area contributed by atoms with Gasteiger partial charge in [0.2, 0.25) is 0 Å². The van der Waals surface area contributed by atoms with E-state index in [-0.39, 0.29) is 11.9 Å². The van der Waals surface area contributed by atoms with Gasteiger partial charge < -0.3 is 9.73 Å². The SMILES string of the molecule is O=C(NCC(c1cccs1)N1CCCC1)c1cc(-c2cccnc2)nc2c1cnn2Cc1ccco1. The molecule has 36 heavy (non-hydrogen) atoms. The number of nitrogens with zero attached hydrogens (tertiary/aromatic N) is 5. The highest BCUT2D eigenvalue weighted by atomic mass is 32.1. The number of rotatable bonds is 8. The molecule has 1 aliphatic rings. The molecular formula is C27H26N6O2S. The average molecular weight is 499 g/mol.